The van der Waals surface area contributed by atoms with Crippen molar-refractivity contribution >= 4 is 29.2 Å². The van der Waals surface area contributed by atoms with Gasteiger partial charge in [-0.2, -0.15) is 0 Å². The lowest BCUT2D eigenvalue weighted by Gasteiger charge is -2.46. The molecule has 1 aromatic carbocycles. The van der Waals surface area contributed by atoms with Gasteiger partial charge in [0.25, 0.3) is 0 Å². The zero-order valence-corrected chi connectivity index (χ0v) is 19.0. The third-order valence-electron chi connectivity index (χ3n) is 7.39. The third-order valence-corrected chi connectivity index (χ3v) is 7.64. The smallest absolute Gasteiger partial charge is 0.321 e. The van der Waals surface area contributed by atoms with Crippen LogP contribution in [0.15, 0.2) is 24.3 Å². The molecule has 1 aromatic rings. The average Bonchev–Trinajstić information content (AvgIpc) is 3.15. The molecule has 30 heavy (non-hydrogen) atoms. The van der Waals surface area contributed by atoms with Crippen molar-refractivity contribution in [3.05, 3.63) is 29.3 Å². The number of amides is 3. The largest absolute Gasteiger partial charge is 0.345 e. The Hall–Kier alpha value is -1.79. The zero-order chi connectivity index (χ0) is 21.5. The zero-order valence-electron chi connectivity index (χ0n) is 18.3. The molecule has 0 aliphatic carbocycles. The fourth-order valence-electron chi connectivity index (χ4n) is 5.91. The van der Waals surface area contributed by atoms with Gasteiger partial charge in [0.15, 0.2) is 0 Å². The fourth-order valence-corrected chi connectivity index (χ4v) is 6.04. The van der Waals surface area contributed by atoms with Crippen LogP contribution in [-0.4, -0.2) is 73.0 Å². The maximum atomic E-state index is 13.3. The number of carbonyl (C=O) groups is 2. The molecule has 1 N–H and O–H groups in total. The van der Waals surface area contributed by atoms with Crippen molar-refractivity contribution in [2.24, 2.45) is 16.7 Å². The van der Waals surface area contributed by atoms with Crippen LogP contribution < -0.4 is 5.32 Å². The summed E-state index contributed by atoms with van der Waals surface area (Å²) in [7, 11) is 1.94. The molecule has 6 nitrogen and oxygen atoms in total. The van der Waals surface area contributed by atoms with E-state index in [1.54, 1.807) is 12.1 Å². The highest BCUT2D eigenvalue weighted by Crippen LogP contribution is 2.57. The lowest BCUT2D eigenvalue weighted by Crippen LogP contribution is -2.54. The van der Waals surface area contributed by atoms with Gasteiger partial charge >= 0.3 is 6.03 Å². The number of nitrogens with zero attached hydrogens (tertiary/aromatic N) is 3. The number of likely N-dealkylation sites (tertiary alicyclic amines) is 3. The van der Waals surface area contributed by atoms with Gasteiger partial charge in [0.1, 0.15) is 0 Å². The van der Waals surface area contributed by atoms with E-state index in [1.165, 1.54) is 0 Å². The van der Waals surface area contributed by atoms with Gasteiger partial charge in [-0.15, -0.1) is 0 Å². The minimum absolute atomic E-state index is 0.0270. The van der Waals surface area contributed by atoms with E-state index in [2.05, 4.69) is 24.1 Å². The average molecular weight is 433 g/mol. The highest BCUT2D eigenvalue weighted by atomic mass is 35.5. The molecule has 1 atom stereocenters. The number of carbonyl (C=O) groups excluding carboxylic acids is 2. The van der Waals surface area contributed by atoms with Crippen molar-refractivity contribution in [2.45, 2.75) is 33.1 Å². The van der Waals surface area contributed by atoms with Gasteiger partial charge in [-0.05, 0) is 49.4 Å². The maximum absolute atomic E-state index is 13.3. The van der Waals surface area contributed by atoms with Gasteiger partial charge in [0.2, 0.25) is 5.91 Å². The molecule has 3 heterocycles. The molecular weight excluding hydrogens is 400 g/mol. The predicted octanol–water partition coefficient (Wildman–Crippen LogP) is 3.77. The number of anilines is 1. The summed E-state index contributed by atoms with van der Waals surface area (Å²) in [6, 6.07) is 7.10. The van der Waals surface area contributed by atoms with Crippen molar-refractivity contribution < 1.29 is 9.59 Å². The minimum atomic E-state index is -0.282. The number of hydrogen-bond acceptors (Lipinski definition) is 3. The van der Waals surface area contributed by atoms with E-state index < -0.39 is 0 Å². The molecule has 3 amide bonds. The Balaban J connectivity index is 1.47. The van der Waals surface area contributed by atoms with Crippen molar-refractivity contribution in [2.75, 3.05) is 51.6 Å². The lowest BCUT2D eigenvalue weighted by molar-refractivity contribution is -0.141. The van der Waals surface area contributed by atoms with Crippen LogP contribution in [0.1, 0.15) is 33.1 Å². The van der Waals surface area contributed by atoms with Crippen LogP contribution in [0.25, 0.3) is 0 Å². The Kier molecular flexibility index (Phi) is 5.75. The van der Waals surface area contributed by atoms with Crippen LogP contribution in [0, 0.1) is 16.7 Å². The molecule has 3 aliphatic rings. The maximum Gasteiger partial charge on any atom is 0.321 e. The summed E-state index contributed by atoms with van der Waals surface area (Å²) in [6.45, 7) is 9.57. The first-order valence-electron chi connectivity index (χ1n) is 11.0. The first-order chi connectivity index (χ1) is 14.2. The van der Waals surface area contributed by atoms with Crippen LogP contribution in [0.5, 0.6) is 0 Å². The van der Waals surface area contributed by atoms with E-state index in [0.29, 0.717) is 29.9 Å². The first kappa shape index (κ1) is 21.4. The molecule has 2 spiro atoms. The molecular formula is C23H33ClN4O2. The highest BCUT2D eigenvalue weighted by molar-refractivity contribution is 6.30. The number of piperidine rings is 1. The van der Waals surface area contributed by atoms with Crippen LogP contribution in [-0.2, 0) is 4.79 Å². The summed E-state index contributed by atoms with van der Waals surface area (Å²) >= 11 is 5.93. The molecule has 0 radical (unpaired) electrons. The summed E-state index contributed by atoms with van der Waals surface area (Å²) in [5, 5.41) is 3.62. The molecule has 7 heteroatoms. The Morgan fingerprint density at radius 2 is 1.77 bits per heavy atom. The van der Waals surface area contributed by atoms with Crippen molar-refractivity contribution in [3.8, 4) is 0 Å². The van der Waals surface area contributed by atoms with Crippen molar-refractivity contribution in [1.29, 1.82) is 0 Å². The Bertz CT molecular complexity index is 804. The van der Waals surface area contributed by atoms with Crippen LogP contribution >= 0.6 is 11.6 Å². The van der Waals surface area contributed by atoms with Gasteiger partial charge in [0.05, 0.1) is 5.41 Å². The summed E-state index contributed by atoms with van der Waals surface area (Å²) in [5.74, 6) is 0.893. The molecule has 0 saturated carbocycles. The monoisotopic (exact) mass is 432 g/mol. The number of urea groups is 1. The van der Waals surface area contributed by atoms with Gasteiger partial charge < -0.3 is 20.0 Å². The topological polar surface area (TPSA) is 55.9 Å². The van der Waals surface area contributed by atoms with Crippen LogP contribution in [0.4, 0.5) is 10.5 Å². The Morgan fingerprint density at radius 1 is 1.10 bits per heavy atom. The van der Waals surface area contributed by atoms with Crippen molar-refractivity contribution in [3.63, 3.8) is 0 Å². The molecule has 3 fully saturated rings. The lowest BCUT2D eigenvalue weighted by atomic mass is 9.60. The molecule has 164 valence electrons. The van der Waals surface area contributed by atoms with Crippen LogP contribution in [0.3, 0.4) is 0 Å². The number of hydrogen-bond donors (Lipinski definition) is 1. The van der Waals surface area contributed by atoms with Gasteiger partial charge in [-0.25, -0.2) is 4.79 Å². The summed E-state index contributed by atoms with van der Waals surface area (Å²) < 4.78 is 0. The second-order valence-electron chi connectivity index (χ2n) is 9.83. The predicted molar refractivity (Wildman–Crippen MR) is 120 cm³/mol. The number of halogens is 1. The van der Waals surface area contributed by atoms with E-state index in [9.17, 15) is 9.59 Å². The number of benzene rings is 1. The van der Waals surface area contributed by atoms with E-state index in [-0.39, 0.29) is 16.9 Å². The normalized spacial score (nSPS) is 26.4. The first-order valence-corrected chi connectivity index (χ1v) is 11.4. The Morgan fingerprint density at radius 3 is 2.33 bits per heavy atom. The second-order valence-corrected chi connectivity index (χ2v) is 10.3. The van der Waals surface area contributed by atoms with Crippen molar-refractivity contribution in [1.82, 2.24) is 14.7 Å². The summed E-state index contributed by atoms with van der Waals surface area (Å²) in [5.41, 5.74) is 0.439. The van der Waals surface area contributed by atoms with Gasteiger partial charge in [0, 0.05) is 62.4 Å². The quantitative estimate of drug-likeness (QED) is 0.790. The molecule has 0 aromatic heterocycles. The van der Waals surface area contributed by atoms with Gasteiger partial charge in [-0.3, -0.25) is 4.79 Å². The standard InChI is InChI=1S/C23H33ClN4O2/c1-17(2)14-27-15-22(23(16-27)10-11-26(3)20(23)29)8-12-28(13-9-22)21(30)25-19-6-4-18(24)5-7-19/h4-7,17H,8-16H2,1-3H3,(H,25,30)/t23-/m1/s1. The number of fused-ring (bicyclic) bond motifs is 1. The molecule has 3 aliphatic heterocycles. The number of nitrogens with one attached hydrogen (secondary N) is 1. The SMILES string of the molecule is CC(C)CN1CC2(CCN(C(=O)Nc3ccc(Cl)cc3)CC2)[C@]2(CCN(C)C2=O)C1. The molecule has 0 unspecified atom stereocenters. The van der Waals surface area contributed by atoms with E-state index in [4.69, 9.17) is 11.6 Å². The fraction of sp³-hybridized carbons (Fsp3) is 0.652. The van der Waals surface area contributed by atoms with E-state index >= 15 is 0 Å². The van der Waals surface area contributed by atoms with E-state index in [0.717, 1.165) is 51.1 Å². The molecule has 3 saturated heterocycles. The molecule has 0 bridgehead atoms. The molecule has 4 rings (SSSR count). The van der Waals surface area contributed by atoms with Crippen LogP contribution in [0.2, 0.25) is 5.02 Å². The van der Waals surface area contributed by atoms with E-state index in [1.807, 2.05) is 29.0 Å². The third kappa shape index (κ3) is 3.69. The summed E-state index contributed by atoms with van der Waals surface area (Å²) in [6.07, 6.45) is 2.71. The minimum Gasteiger partial charge on any atom is -0.345 e. The number of rotatable bonds is 3. The summed E-state index contributed by atoms with van der Waals surface area (Å²) in [4.78, 5) is 32.4. The highest BCUT2D eigenvalue weighted by Gasteiger charge is 2.64. The second kappa shape index (κ2) is 8.04. The van der Waals surface area contributed by atoms with Gasteiger partial charge in [-0.1, -0.05) is 25.4 Å². The Labute approximate surface area is 184 Å².